The summed E-state index contributed by atoms with van der Waals surface area (Å²) in [5, 5.41) is 12.9. The Morgan fingerprint density at radius 1 is 0.562 bits per heavy atom. The summed E-state index contributed by atoms with van der Waals surface area (Å²) < 4.78 is 20.1. The van der Waals surface area contributed by atoms with Gasteiger partial charge in [-0.05, 0) is 23.3 Å². The molecule has 3 aromatic rings. The Kier molecular flexibility index (Phi) is 13.3. The van der Waals surface area contributed by atoms with Gasteiger partial charge in [0.1, 0.15) is 11.5 Å². The number of benzene rings is 3. The first-order chi connectivity index (χ1) is 15.1. The van der Waals surface area contributed by atoms with E-state index in [-0.39, 0.29) is 24.6 Å². The van der Waals surface area contributed by atoms with E-state index in [1.54, 1.807) is 28.4 Å². The van der Waals surface area contributed by atoms with Gasteiger partial charge in [0, 0.05) is 27.1 Å². The van der Waals surface area contributed by atoms with Crippen LogP contribution < -0.4 is 33.4 Å². The third-order valence-corrected chi connectivity index (χ3v) is 4.82. The van der Waals surface area contributed by atoms with Crippen LogP contribution in [-0.4, -0.2) is 41.7 Å². The Morgan fingerprint density at radius 3 is 1.31 bits per heavy atom. The molecule has 0 bridgehead atoms. The topological polar surface area (TPSA) is 60.0 Å². The Labute approximate surface area is 203 Å². The van der Waals surface area contributed by atoms with E-state index in [1.165, 1.54) is 0 Å². The molecule has 5 nitrogen and oxygen atoms in total. The third-order valence-electron chi connectivity index (χ3n) is 4.82. The Bertz CT molecular complexity index is 858. The molecule has 0 unspecified atom stereocenters. The van der Waals surface area contributed by atoms with Crippen LogP contribution in [0.25, 0.3) is 0 Å². The van der Waals surface area contributed by atoms with Crippen molar-refractivity contribution < 1.29 is 42.9 Å². The average Bonchev–Trinajstić information content (AvgIpc) is 2.81. The van der Waals surface area contributed by atoms with Crippen LogP contribution in [0.4, 0.5) is 0 Å². The van der Waals surface area contributed by atoms with Crippen molar-refractivity contribution in [1.82, 2.24) is 0 Å². The Hall–Kier alpha value is -2.42. The van der Waals surface area contributed by atoms with Crippen LogP contribution in [0.2, 0.25) is 0 Å². The zero-order valence-corrected chi connectivity index (χ0v) is 19.7. The smallest absolute Gasteiger partial charge is 0.872 e. The predicted octanol–water partition coefficient (Wildman–Crippen LogP) is 1.24. The van der Waals surface area contributed by atoms with Crippen molar-refractivity contribution >= 4 is 0 Å². The molecule has 0 heterocycles. The molecule has 3 rings (SSSR count). The van der Waals surface area contributed by atoms with Crippen molar-refractivity contribution in [3.05, 3.63) is 89.0 Å². The molecule has 0 amide bonds. The van der Waals surface area contributed by atoms with Gasteiger partial charge in [0.15, 0.2) is 0 Å². The largest absolute Gasteiger partial charge is 1.00 e. The Morgan fingerprint density at radius 2 is 0.938 bits per heavy atom. The molecule has 0 spiro atoms. The summed E-state index contributed by atoms with van der Waals surface area (Å²) in [6, 6.07) is 21.3. The van der Waals surface area contributed by atoms with E-state index in [1.807, 2.05) is 66.7 Å². The number of rotatable bonds is 9. The molecule has 0 radical (unpaired) electrons. The molecular formula is C26H31LiO5. The number of ether oxygens (including phenoxy) is 4. The minimum atomic E-state index is 0. The van der Waals surface area contributed by atoms with Crippen LogP contribution in [0.5, 0.6) is 17.2 Å². The quantitative estimate of drug-likeness (QED) is 0.378. The zero-order valence-electron chi connectivity index (χ0n) is 19.7. The van der Waals surface area contributed by atoms with Crippen LogP contribution >= 0.6 is 0 Å². The Balaban J connectivity index is 0.000000648. The molecule has 0 saturated carbocycles. The van der Waals surface area contributed by atoms with Gasteiger partial charge in [0.05, 0.1) is 27.4 Å². The molecule has 0 fully saturated rings. The van der Waals surface area contributed by atoms with Crippen molar-refractivity contribution in [1.29, 1.82) is 0 Å². The summed E-state index contributed by atoms with van der Waals surface area (Å²) in [6.07, 6.45) is 1.12. The van der Waals surface area contributed by atoms with Gasteiger partial charge in [-0.15, -0.1) is 5.75 Å². The summed E-state index contributed by atoms with van der Waals surface area (Å²) in [5.74, 6) is 1.69. The normalized spacial score (nSPS) is 9.88. The molecule has 0 aliphatic carbocycles. The van der Waals surface area contributed by atoms with E-state index in [2.05, 4.69) is 9.47 Å². The standard InChI is InChI=1S/C22H22O3.C4H10O2.Li/c1-24-20-12-5-3-8-16(20)14-18-10-7-11-19(22(18)23)15-17-9-4-6-13-21(17)25-2;1-5-3-4-6-2;/h3-13,23H,14-15H2,1-2H3;3-4H2,1-2H3;/q;;+1/p-1. The summed E-state index contributed by atoms with van der Waals surface area (Å²) in [7, 11) is 6.60. The van der Waals surface area contributed by atoms with Crippen LogP contribution in [0.3, 0.4) is 0 Å². The molecule has 0 aliphatic rings. The van der Waals surface area contributed by atoms with Gasteiger partial charge in [0.25, 0.3) is 0 Å². The van der Waals surface area contributed by atoms with E-state index >= 15 is 0 Å². The van der Waals surface area contributed by atoms with Crippen molar-refractivity contribution in [2.24, 2.45) is 0 Å². The van der Waals surface area contributed by atoms with Crippen molar-refractivity contribution in [2.75, 3.05) is 41.7 Å². The number of methoxy groups -OCH3 is 4. The van der Waals surface area contributed by atoms with Gasteiger partial charge in [0.2, 0.25) is 0 Å². The van der Waals surface area contributed by atoms with E-state index < -0.39 is 0 Å². The molecule has 3 aromatic carbocycles. The zero-order chi connectivity index (χ0) is 22.5. The maximum Gasteiger partial charge on any atom is 1.00 e. The summed E-state index contributed by atoms with van der Waals surface area (Å²) >= 11 is 0. The van der Waals surface area contributed by atoms with E-state index in [9.17, 15) is 5.11 Å². The fraction of sp³-hybridized carbons (Fsp3) is 0.308. The number of hydrogen-bond donors (Lipinski definition) is 0. The number of hydrogen-bond acceptors (Lipinski definition) is 5. The van der Waals surface area contributed by atoms with E-state index in [0.717, 1.165) is 33.8 Å². The molecule has 6 heteroatoms. The minimum Gasteiger partial charge on any atom is -0.872 e. The van der Waals surface area contributed by atoms with E-state index in [0.29, 0.717) is 26.1 Å². The first kappa shape index (κ1) is 27.6. The first-order valence-electron chi connectivity index (χ1n) is 10.1. The molecule has 166 valence electrons. The monoisotopic (exact) mass is 430 g/mol. The second-order valence-electron chi connectivity index (χ2n) is 6.87. The van der Waals surface area contributed by atoms with Gasteiger partial charge >= 0.3 is 18.9 Å². The molecule has 0 aliphatic heterocycles. The molecule has 0 aromatic heterocycles. The SMILES string of the molecule is COCCOC.COc1ccccc1Cc1cccc(Cc2ccccc2OC)c1[O-].[Li+]. The maximum absolute atomic E-state index is 12.9. The molecule has 0 N–H and O–H groups in total. The van der Waals surface area contributed by atoms with Crippen LogP contribution in [0.1, 0.15) is 22.3 Å². The summed E-state index contributed by atoms with van der Waals surface area (Å²) in [4.78, 5) is 0. The van der Waals surface area contributed by atoms with Gasteiger partial charge in [-0.1, -0.05) is 65.7 Å². The molecular weight excluding hydrogens is 399 g/mol. The van der Waals surface area contributed by atoms with Crippen molar-refractivity contribution in [3.63, 3.8) is 0 Å². The van der Waals surface area contributed by atoms with Gasteiger partial charge in [-0.3, -0.25) is 0 Å². The fourth-order valence-corrected chi connectivity index (χ4v) is 3.19. The maximum atomic E-state index is 12.9. The van der Waals surface area contributed by atoms with Crippen LogP contribution in [0, 0.1) is 0 Å². The van der Waals surface area contributed by atoms with Crippen molar-refractivity contribution in [2.45, 2.75) is 12.8 Å². The minimum absolute atomic E-state index is 0. The molecule has 0 saturated heterocycles. The summed E-state index contributed by atoms with van der Waals surface area (Å²) in [5.41, 5.74) is 3.57. The van der Waals surface area contributed by atoms with Gasteiger partial charge < -0.3 is 24.1 Å². The van der Waals surface area contributed by atoms with Crippen LogP contribution in [0.15, 0.2) is 66.7 Å². The van der Waals surface area contributed by atoms with Gasteiger partial charge in [-0.25, -0.2) is 0 Å². The second kappa shape index (κ2) is 15.4. The number of para-hydroxylation sites is 3. The van der Waals surface area contributed by atoms with E-state index in [4.69, 9.17) is 9.47 Å². The van der Waals surface area contributed by atoms with Crippen molar-refractivity contribution in [3.8, 4) is 17.2 Å². The fourth-order valence-electron chi connectivity index (χ4n) is 3.19. The summed E-state index contributed by atoms with van der Waals surface area (Å²) in [6.45, 7) is 1.38. The third kappa shape index (κ3) is 8.25. The first-order valence-corrected chi connectivity index (χ1v) is 10.1. The second-order valence-corrected chi connectivity index (χ2v) is 6.87. The molecule has 32 heavy (non-hydrogen) atoms. The average molecular weight is 430 g/mol. The predicted molar refractivity (Wildman–Crippen MR) is 121 cm³/mol. The van der Waals surface area contributed by atoms with Gasteiger partial charge in [-0.2, -0.15) is 0 Å². The molecule has 0 atom stereocenters. The van der Waals surface area contributed by atoms with Crippen LogP contribution in [-0.2, 0) is 22.3 Å².